The number of nitrogens with zero attached hydrogens (tertiary/aromatic N) is 1. The zero-order valence-corrected chi connectivity index (χ0v) is 3.78. The van der Waals surface area contributed by atoms with E-state index in [0.29, 0.717) is 0 Å². The molecule has 0 aromatic rings. The number of rotatable bonds is 0. The molecular formula is CHCoFeKN. The van der Waals surface area contributed by atoms with E-state index in [4.69, 9.17) is 5.26 Å². The Morgan fingerprint density at radius 2 is 1.60 bits per heavy atom. The van der Waals surface area contributed by atoms with E-state index < -0.39 is 0 Å². The molecule has 0 N–H and O–H groups in total. The summed E-state index contributed by atoms with van der Waals surface area (Å²) in [6, 6.07) is 0. The van der Waals surface area contributed by atoms with Crippen molar-refractivity contribution in [2.45, 2.75) is 0 Å². The minimum atomic E-state index is 0. The van der Waals surface area contributed by atoms with Crippen LogP contribution in [-0.2, 0) is 32.8 Å². The second-order valence-electron chi connectivity index (χ2n) is 0.0791. The van der Waals surface area contributed by atoms with Crippen LogP contribution in [-0.4, -0.2) is 51.4 Å². The van der Waals surface area contributed by atoms with Crippen molar-refractivity contribution < 1.29 is 32.8 Å². The van der Waals surface area contributed by atoms with E-state index >= 15 is 0 Å². The Morgan fingerprint density at radius 1 is 1.60 bits per heavy atom. The SMILES string of the molecule is N#[C][Fe].[Co].[KH]. The van der Waals surface area contributed by atoms with Crippen LogP contribution in [0.4, 0.5) is 0 Å². The molecule has 0 heterocycles. The number of hydrogen-bond donors (Lipinski definition) is 0. The molecule has 4 heteroatoms. The fourth-order valence-corrected chi connectivity index (χ4v) is 0. The maximum absolute atomic E-state index is 7.21. The van der Waals surface area contributed by atoms with E-state index in [2.05, 4.69) is 16.0 Å². The summed E-state index contributed by atoms with van der Waals surface area (Å²) < 4.78 is 0. The maximum atomic E-state index is 7.21. The second kappa shape index (κ2) is 16.4. The third-order valence-electron chi connectivity index (χ3n) is 0. The molecule has 0 aliphatic rings. The molecule has 1 nitrogen and oxygen atoms in total. The third-order valence-corrected chi connectivity index (χ3v) is 0. The Balaban J connectivity index is -0.0000000200. The number of hydrogen-bond acceptors (Lipinski definition) is 1. The molecule has 0 saturated carbocycles. The van der Waals surface area contributed by atoms with Gasteiger partial charge in [-0.1, -0.05) is 0 Å². The zero-order chi connectivity index (χ0) is 2.71. The Kier molecular flexibility index (Phi) is 51.6. The summed E-state index contributed by atoms with van der Waals surface area (Å²) in [6.07, 6.45) is 0. The predicted molar refractivity (Wildman–Crippen MR) is 12.8 cm³/mol. The van der Waals surface area contributed by atoms with Crippen molar-refractivity contribution >= 4 is 51.4 Å². The van der Waals surface area contributed by atoms with Gasteiger partial charge in [-0.05, 0) is 0 Å². The Hall–Kier alpha value is 2.15. The van der Waals surface area contributed by atoms with Crippen LogP contribution in [0, 0.1) is 10.2 Å². The summed E-state index contributed by atoms with van der Waals surface area (Å²) in [7, 11) is 0. The van der Waals surface area contributed by atoms with Gasteiger partial charge < -0.3 is 0 Å². The average molecular weight is 181 g/mol. The summed E-state index contributed by atoms with van der Waals surface area (Å²) in [5.74, 6) is 0. The van der Waals surface area contributed by atoms with Crippen molar-refractivity contribution in [3.8, 4) is 4.97 Å². The van der Waals surface area contributed by atoms with Gasteiger partial charge in [0.2, 0.25) is 0 Å². The van der Waals surface area contributed by atoms with Crippen molar-refractivity contribution in [3.63, 3.8) is 0 Å². The zero-order valence-electron chi connectivity index (χ0n) is 1.63. The monoisotopic (exact) mass is 181 g/mol. The Morgan fingerprint density at radius 3 is 1.60 bits per heavy atom. The predicted octanol–water partition coefficient (Wildman–Crippen LogP) is -0.637. The van der Waals surface area contributed by atoms with Crippen molar-refractivity contribution in [3.05, 3.63) is 0 Å². The molecular weight excluding hydrogens is 180 g/mol. The van der Waals surface area contributed by atoms with Crippen molar-refractivity contribution in [2.24, 2.45) is 0 Å². The minimum absolute atomic E-state index is 0. The summed E-state index contributed by atoms with van der Waals surface area (Å²) >= 11 is 2.79. The van der Waals surface area contributed by atoms with E-state index in [1.807, 2.05) is 0 Å². The summed E-state index contributed by atoms with van der Waals surface area (Å²) in [4.78, 5) is 1.50. The van der Waals surface area contributed by atoms with Crippen LogP contribution in [0.15, 0.2) is 0 Å². The molecule has 0 bridgehead atoms. The molecule has 0 rings (SSSR count). The molecule has 0 fully saturated rings. The molecule has 0 aromatic heterocycles. The first-order valence-electron chi connectivity index (χ1n) is 0.400. The number of nitriles is 1. The van der Waals surface area contributed by atoms with Crippen LogP contribution in [0.1, 0.15) is 0 Å². The fourth-order valence-electron chi connectivity index (χ4n) is 0. The standard InChI is InChI=1S/CN.Co.Fe.K.H/c1-2;;;;. The van der Waals surface area contributed by atoms with Crippen LogP contribution in [0.25, 0.3) is 0 Å². The van der Waals surface area contributed by atoms with Crippen molar-refractivity contribution in [1.29, 1.82) is 5.26 Å². The first-order chi connectivity index (χ1) is 1.41. The van der Waals surface area contributed by atoms with Gasteiger partial charge in [0.15, 0.2) is 0 Å². The molecule has 1 radical (unpaired) electrons. The topological polar surface area (TPSA) is 23.8 Å². The first-order valence-corrected chi connectivity index (χ1v) is 0.952. The van der Waals surface area contributed by atoms with Crippen LogP contribution >= 0.6 is 0 Å². The van der Waals surface area contributed by atoms with E-state index in [1.54, 1.807) is 0 Å². The van der Waals surface area contributed by atoms with Crippen LogP contribution in [0.2, 0.25) is 0 Å². The van der Waals surface area contributed by atoms with Gasteiger partial charge in [-0.15, -0.1) is 0 Å². The summed E-state index contributed by atoms with van der Waals surface area (Å²) in [5, 5.41) is 7.21. The van der Waals surface area contributed by atoms with Gasteiger partial charge in [0.25, 0.3) is 0 Å². The molecule has 5 heavy (non-hydrogen) atoms. The van der Waals surface area contributed by atoms with Gasteiger partial charge in [0.1, 0.15) is 0 Å². The van der Waals surface area contributed by atoms with Gasteiger partial charge in [0, 0.05) is 16.8 Å². The van der Waals surface area contributed by atoms with Gasteiger partial charge in [0.05, 0.1) is 0 Å². The molecule has 0 saturated heterocycles. The van der Waals surface area contributed by atoms with Crippen LogP contribution in [0.3, 0.4) is 0 Å². The van der Waals surface area contributed by atoms with Gasteiger partial charge >= 0.3 is 77.6 Å². The van der Waals surface area contributed by atoms with Crippen LogP contribution in [0.5, 0.6) is 0 Å². The van der Waals surface area contributed by atoms with E-state index in [-0.39, 0.29) is 68.2 Å². The Labute approximate surface area is 92.3 Å². The average Bonchev–Trinajstić information content (AvgIpc) is 0.918. The second-order valence-corrected chi connectivity index (χ2v) is 0.326. The fraction of sp³-hybridized carbons (Fsp3) is 0. The van der Waals surface area contributed by atoms with Gasteiger partial charge in [-0.2, -0.15) is 0 Å². The van der Waals surface area contributed by atoms with Gasteiger partial charge in [-0.3, -0.25) is 0 Å². The molecule has 0 aromatic carbocycles. The molecule has 28 valence electrons. The summed E-state index contributed by atoms with van der Waals surface area (Å²) in [5.41, 5.74) is 0. The quantitative estimate of drug-likeness (QED) is 0.456. The summed E-state index contributed by atoms with van der Waals surface area (Å²) in [6.45, 7) is 0. The van der Waals surface area contributed by atoms with Crippen LogP contribution < -0.4 is 0 Å². The molecule has 0 amide bonds. The van der Waals surface area contributed by atoms with Crippen molar-refractivity contribution in [1.82, 2.24) is 0 Å². The molecule has 0 atom stereocenters. The van der Waals surface area contributed by atoms with Gasteiger partial charge in [-0.25, -0.2) is 0 Å². The normalized spacial score (nSPS) is 1.60. The molecule has 0 spiro atoms. The first kappa shape index (κ1) is 15.7. The molecule has 0 aliphatic carbocycles. The van der Waals surface area contributed by atoms with E-state index in [0.717, 1.165) is 0 Å². The van der Waals surface area contributed by atoms with Crippen molar-refractivity contribution in [2.75, 3.05) is 0 Å². The molecule has 0 unspecified atom stereocenters. The Bertz CT molecular complexity index is 33.1. The third kappa shape index (κ3) is 22.9. The van der Waals surface area contributed by atoms with E-state index in [1.165, 1.54) is 4.97 Å². The van der Waals surface area contributed by atoms with E-state index in [9.17, 15) is 0 Å². The molecule has 0 aliphatic heterocycles.